The van der Waals surface area contributed by atoms with Crippen LogP contribution in [0.2, 0.25) is 0 Å². The molecule has 0 amide bonds. The molecular weight excluding hydrogens is 344 g/mol. The second-order valence-corrected chi connectivity index (χ2v) is 9.01. The van der Waals surface area contributed by atoms with E-state index in [2.05, 4.69) is 36.9 Å². The maximum Gasteiger partial charge on any atom is 0.243 e. The minimum absolute atomic E-state index is 0.402. The molecule has 0 aliphatic carbocycles. The van der Waals surface area contributed by atoms with Crippen molar-refractivity contribution in [2.24, 2.45) is 0 Å². The second kappa shape index (κ2) is 7.41. The number of hydrogen-bond donors (Lipinski definition) is 0. The smallest absolute Gasteiger partial charge is 0.243 e. The lowest BCUT2D eigenvalue weighted by molar-refractivity contribution is 0.384. The summed E-state index contributed by atoms with van der Waals surface area (Å²) < 4.78 is 27.6. The van der Waals surface area contributed by atoms with Crippen molar-refractivity contribution in [1.82, 2.24) is 4.31 Å². The molecule has 4 nitrogen and oxygen atoms in total. The lowest BCUT2D eigenvalue weighted by Crippen LogP contribution is -2.49. The van der Waals surface area contributed by atoms with Crippen molar-refractivity contribution in [2.45, 2.75) is 39.0 Å². The van der Waals surface area contributed by atoms with Gasteiger partial charge in [-0.05, 0) is 61.6 Å². The molecule has 140 valence electrons. The number of aryl methyl sites for hydroxylation is 4. The highest BCUT2D eigenvalue weighted by atomic mass is 32.2. The molecule has 0 radical (unpaired) electrons. The van der Waals surface area contributed by atoms with Gasteiger partial charge in [0.15, 0.2) is 0 Å². The van der Waals surface area contributed by atoms with Crippen molar-refractivity contribution in [3.8, 4) is 0 Å². The summed E-state index contributed by atoms with van der Waals surface area (Å²) in [6.45, 7) is 10.7. The van der Waals surface area contributed by atoms with Crippen molar-refractivity contribution in [3.05, 3.63) is 58.7 Å². The molecule has 2 aromatic carbocycles. The molecule has 0 aromatic heterocycles. The summed E-state index contributed by atoms with van der Waals surface area (Å²) in [5.41, 5.74) is 5.99. The minimum atomic E-state index is -3.43. The molecule has 0 atom stereocenters. The van der Waals surface area contributed by atoms with E-state index in [1.807, 2.05) is 19.9 Å². The van der Waals surface area contributed by atoms with E-state index in [-0.39, 0.29) is 0 Å². The molecule has 0 spiro atoms. The zero-order valence-corrected chi connectivity index (χ0v) is 16.9. The highest BCUT2D eigenvalue weighted by molar-refractivity contribution is 7.89. The van der Waals surface area contributed by atoms with E-state index in [0.717, 1.165) is 30.6 Å². The van der Waals surface area contributed by atoms with Crippen LogP contribution in [0.4, 0.5) is 5.69 Å². The Morgan fingerprint density at radius 1 is 0.885 bits per heavy atom. The summed E-state index contributed by atoms with van der Waals surface area (Å²) in [7, 11) is -3.43. The van der Waals surface area contributed by atoms with Crippen LogP contribution in [0.1, 0.15) is 29.2 Å². The summed E-state index contributed by atoms with van der Waals surface area (Å²) >= 11 is 0. The molecule has 1 aliphatic heterocycles. The zero-order chi connectivity index (χ0) is 18.9. The van der Waals surface area contributed by atoms with Gasteiger partial charge in [-0.25, -0.2) is 8.42 Å². The quantitative estimate of drug-likeness (QED) is 0.822. The number of rotatable bonds is 4. The first-order valence-electron chi connectivity index (χ1n) is 9.25. The summed E-state index contributed by atoms with van der Waals surface area (Å²) in [6, 6.07) is 11.8. The van der Waals surface area contributed by atoms with E-state index in [1.54, 1.807) is 16.4 Å². The molecule has 0 bridgehead atoms. The molecule has 1 aliphatic rings. The monoisotopic (exact) mass is 372 g/mol. The lowest BCUT2D eigenvalue weighted by atomic mass is 10.0. The third kappa shape index (κ3) is 3.51. The Labute approximate surface area is 157 Å². The van der Waals surface area contributed by atoms with Crippen LogP contribution in [0.15, 0.2) is 41.3 Å². The van der Waals surface area contributed by atoms with Gasteiger partial charge in [-0.2, -0.15) is 4.31 Å². The number of para-hydroxylation sites is 1. The molecule has 5 heteroatoms. The van der Waals surface area contributed by atoms with Crippen molar-refractivity contribution < 1.29 is 8.42 Å². The van der Waals surface area contributed by atoms with Gasteiger partial charge in [0.1, 0.15) is 0 Å². The van der Waals surface area contributed by atoms with Crippen LogP contribution in [-0.4, -0.2) is 38.9 Å². The number of hydrogen-bond acceptors (Lipinski definition) is 3. The van der Waals surface area contributed by atoms with Crippen LogP contribution >= 0.6 is 0 Å². The Bertz CT molecular complexity index is 898. The molecule has 1 fully saturated rings. The molecule has 1 saturated heterocycles. The molecule has 0 N–H and O–H groups in total. The highest BCUT2D eigenvalue weighted by Gasteiger charge is 2.29. The number of anilines is 1. The minimum Gasteiger partial charge on any atom is -0.368 e. The number of benzene rings is 2. The number of sulfonamides is 1. The van der Waals surface area contributed by atoms with Gasteiger partial charge in [-0.15, -0.1) is 0 Å². The summed E-state index contributed by atoms with van der Waals surface area (Å²) in [4.78, 5) is 2.74. The fraction of sp³-hybridized carbons (Fsp3) is 0.429. The van der Waals surface area contributed by atoms with Crippen LogP contribution in [-0.2, 0) is 16.4 Å². The maximum absolute atomic E-state index is 13.0. The van der Waals surface area contributed by atoms with E-state index in [4.69, 9.17) is 0 Å². The topological polar surface area (TPSA) is 40.6 Å². The molecule has 2 aromatic rings. The van der Waals surface area contributed by atoms with Gasteiger partial charge in [0, 0.05) is 31.9 Å². The van der Waals surface area contributed by atoms with E-state index < -0.39 is 10.0 Å². The van der Waals surface area contributed by atoms with Crippen LogP contribution in [0, 0.1) is 20.8 Å². The van der Waals surface area contributed by atoms with Crippen LogP contribution in [0.25, 0.3) is 0 Å². The van der Waals surface area contributed by atoms with Gasteiger partial charge in [-0.3, -0.25) is 0 Å². The number of nitrogens with zero attached hydrogens (tertiary/aromatic N) is 2. The average Bonchev–Trinajstić information content (AvgIpc) is 2.63. The zero-order valence-electron chi connectivity index (χ0n) is 16.1. The third-order valence-electron chi connectivity index (χ3n) is 5.37. The highest BCUT2D eigenvalue weighted by Crippen LogP contribution is 2.28. The van der Waals surface area contributed by atoms with Gasteiger partial charge in [0.05, 0.1) is 4.90 Å². The van der Waals surface area contributed by atoms with E-state index in [1.165, 1.54) is 16.8 Å². The Morgan fingerprint density at radius 3 is 2.19 bits per heavy atom. The van der Waals surface area contributed by atoms with Crippen molar-refractivity contribution in [1.29, 1.82) is 0 Å². The van der Waals surface area contributed by atoms with Crippen LogP contribution in [0.5, 0.6) is 0 Å². The Kier molecular flexibility index (Phi) is 5.39. The van der Waals surface area contributed by atoms with Crippen molar-refractivity contribution in [3.63, 3.8) is 0 Å². The number of piperazine rings is 1. The van der Waals surface area contributed by atoms with Gasteiger partial charge >= 0.3 is 0 Å². The van der Waals surface area contributed by atoms with Crippen molar-refractivity contribution in [2.75, 3.05) is 31.1 Å². The molecule has 3 rings (SSSR count). The van der Waals surface area contributed by atoms with E-state index >= 15 is 0 Å². The van der Waals surface area contributed by atoms with Crippen LogP contribution < -0.4 is 4.90 Å². The Balaban J connectivity index is 1.79. The first-order valence-corrected chi connectivity index (χ1v) is 10.7. The third-order valence-corrected chi connectivity index (χ3v) is 7.27. The SMILES string of the molecule is CCc1cccc(C)c1N1CCN(S(=O)(=O)c2ccc(C)c(C)c2)CC1. The van der Waals surface area contributed by atoms with E-state index in [0.29, 0.717) is 18.0 Å². The van der Waals surface area contributed by atoms with Gasteiger partial charge in [0.25, 0.3) is 0 Å². The van der Waals surface area contributed by atoms with Gasteiger partial charge in [-0.1, -0.05) is 31.2 Å². The normalized spacial score (nSPS) is 16.1. The second-order valence-electron chi connectivity index (χ2n) is 7.07. The predicted octanol–water partition coefficient (Wildman–Crippen LogP) is 3.69. The molecule has 0 saturated carbocycles. The Morgan fingerprint density at radius 2 is 1.58 bits per heavy atom. The summed E-state index contributed by atoms with van der Waals surface area (Å²) in [5, 5.41) is 0. The van der Waals surface area contributed by atoms with E-state index in [9.17, 15) is 8.42 Å². The largest absolute Gasteiger partial charge is 0.368 e. The fourth-order valence-electron chi connectivity index (χ4n) is 3.63. The fourth-order valence-corrected chi connectivity index (χ4v) is 5.14. The standard InChI is InChI=1S/C21H28N2O2S/c1-5-19-8-6-7-17(3)21(19)22-11-13-23(14-12-22)26(24,25)20-10-9-16(2)18(4)15-20/h6-10,15H,5,11-14H2,1-4H3. The maximum atomic E-state index is 13.0. The first kappa shape index (κ1) is 18.9. The predicted molar refractivity (Wildman–Crippen MR) is 107 cm³/mol. The van der Waals surface area contributed by atoms with Crippen LogP contribution in [0.3, 0.4) is 0 Å². The molecular formula is C21H28N2O2S. The molecule has 1 heterocycles. The first-order chi connectivity index (χ1) is 12.3. The Hall–Kier alpha value is -1.85. The molecule has 0 unspecified atom stereocenters. The van der Waals surface area contributed by atoms with Gasteiger partial charge in [0.2, 0.25) is 10.0 Å². The van der Waals surface area contributed by atoms with Crippen molar-refractivity contribution >= 4 is 15.7 Å². The molecule has 26 heavy (non-hydrogen) atoms. The summed E-state index contributed by atoms with van der Waals surface area (Å²) in [6.07, 6.45) is 0.984. The lowest BCUT2D eigenvalue weighted by Gasteiger charge is -2.37. The average molecular weight is 373 g/mol. The summed E-state index contributed by atoms with van der Waals surface area (Å²) in [5.74, 6) is 0. The van der Waals surface area contributed by atoms with Gasteiger partial charge < -0.3 is 4.90 Å².